The van der Waals surface area contributed by atoms with Crippen molar-refractivity contribution in [2.75, 3.05) is 30.8 Å². The van der Waals surface area contributed by atoms with E-state index in [1.54, 1.807) is 35.7 Å². The van der Waals surface area contributed by atoms with Crippen LogP contribution in [0.15, 0.2) is 29.8 Å². The maximum Gasteiger partial charge on any atom is 0.251 e. The predicted octanol–water partition coefficient (Wildman–Crippen LogP) is 1.06. The number of nitrogens with one attached hydrogen (secondary N) is 2. The minimum atomic E-state index is -0.602. The van der Waals surface area contributed by atoms with Crippen LogP contribution in [0.25, 0.3) is 0 Å². The van der Waals surface area contributed by atoms with Crippen molar-refractivity contribution in [3.8, 4) is 0 Å². The molecule has 2 aromatic rings. The lowest BCUT2D eigenvalue weighted by molar-refractivity contribution is -0.119. The Morgan fingerprint density at radius 3 is 2.44 bits per heavy atom. The van der Waals surface area contributed by atoms with Crippen molar-refractivity contribution < 1.29 is 14.4 Å². The third kappa shape index (κ3) is 5.66. The van der Waals surface area contributed by atoms with Gasteiger partial charge in [-0.3, -0.25) is 19.3 Å². The monoisotopic (exact) mass is 361 g/mol. The number of nitrogens with two attached hydrogens (primary N) is 1. The Morgan fingerprint density at radius 1 is 1.16 bits per heavy atom. The molecule has 0 aliphatic heterocycles. The average molecular weight is 361 g/mol. The molecule has 0 aromatic carbocycles. The number of hydrogen-bond donors (Lipinski definition) is 3. The van der Waals surface area contributed by atoms with Crippen LogP contribution in [0, 0.1) is 6.92 Å². The van der Waals surface area contributed by atoms with Crippen LogP contribution in [0.2, 0.25) is 0 Å². The zero-order valence-electron chi connectivity index (χ0n) is 13.9. The molecular weight excluding hydrogens is 342 g/mol. The molecule has 2 heterocycles. The van der Waals surface area contributed by atoms with Gasteiger partial charge in [0, 0.05) is 6.20 Å². The highest BCUT2D eigenvalue weighted by atomic mass is 32.1. The number of carbonyl (C=O) groups excluding carboxylic acids is 3. The van der Waals surface area contributed by atoms with E-state index < -0.39 is 5.91 Å². The minimum Gasteiger partial charge on any atom is -0.366 e. The molecule has 0 bridgehead atoms. The highest BCUT2D eigenvalue weighted by Gasteiger charge is 2.15. The molecule has 0 unspecified atom stereocenters. The smallest absolute Gasteiger partial charge is 0.251 e. The second-order valence-corrected chi connectivity index (χ2v) is 6.43. The number of amides is 3. The summed E-state index contributed by atoms with van der Waals surface area (Å²) in [4.78, 5) is 40.9. The summed E-state index contributed by atoms with van der Waals surface area (Å²) in [7, 11) is 1.64. The van der Waals surface area contributed by atoms with E-state index in [-0.39, 0.29) is 30.5 Å². The van der Waals surface area contributed by atoms with Gasteiger partial charge in [0.05, 0.1) is 18.7 Å². The minimum absolute atomic E-state index is 0.00908. The van der Waals surface area contributed by atoms with Crippen LogP contribution in [-0.2, 0) is 9.59 Å². The molecule has 4 N–H and O–H groups in total. The van der Waals surface area contributed by atoms with Gasteiger partial charge in [0.15, 0.2) is 0 Å². The molecule has 8 nitrogen and oxygen atoms in total. The summed E-state index contributed by atoms with van der Waals surface area (Å²) >= 11 is 1.21. The quantitative estimate of drug-likeness (QED) is 0.682. The summed E-state index contributed by atoms with van der Waals surface area (Å²) in [5.74, 6) is -0.762. The van der Waals surface area contributed by atoms with Crippen molar-refractivity contribution in [3.63, 3.8) is 0 Å². The zero-order valence-corrected chi connectivity index (χ0v) is 14.7. The molecule has 0 saturated carbocycles. The van der Waals surface area contributed by atoms with E-state index in [0.29, 0.717) is 10.8 Å². The number of carbonyl (C=O) groups is 3. The molecule has 2 rings (SSSR count). The first kappa shape index (κ1) is 18.6. The van der Waals surface area contributed by atoms with Gasteiger partial charge < -0.3 is 16.4 Å². The molecule has 0 aliphatic rings. The van der Waals surface area contributed by atoms with Gasteiger partial charge in [-0.1, -0.05) is 6.07 Å². The van der Waals surface area contributed by atoms with Crippen LogP contribution in [0.3, 0.4) is 0 Å². The maximum absolute atomic E-state index is 12.0. The van der Waals surface area contributed by atoms with Gasteiger partial charge in [-0.15, -0.1) is 11.3 Å². The number of anilines is 2. The van der Waals surface area contributed by atoms with Gasteiger partial charge >= 0.3 is 0 Å². The predicted molar refractivity (Wildman–Crippen MR) is 96.6 cm³/mol. The maximum atomic E-state index is 12.0. The molecule has 3 amide bonds. The number of thiophene rings is 1. The van der Waals surface area contributed by atoms with Gasteiger partial charge in [-0.05, 0) is 37.0 Å². The van der Waals surface area contributed by atoms with Gasteiger partial charge in [0.2, 0.25) is 11.8 Å². The summed E-state index contributed by atoms with van der Waals surface area (Å²) in [5.41, 5.74) is 6.50. The van der Waals surface area contributed by atoms with Crippen LogP contribution in [-0.4, -0.2) is 47.7 Å². The van der Waals surface area contributed by atoms with E-state index in [9.17, 15) is 14.4 Å². The van der Waals surface area contributed by atoms with E-state index in [0.717, 1.165) is 5.56 Å². The van der Waals surface area contributed by atoms with E-state index in [1.807, 2.05) is 13.0 Å². The van der Waals surface area contributed by atoms with Gasteiger partial charge in [0.25, 0.3) is 5.91 Å². The van der Waals surface area contributed by atoms with Crippen molar-refractivity contribution in [2.45, 2.75) is 6.92 Å². The first-order chi connectivity index (χ1) is 11.8. The van der Waals surface area contributed by atoms with Crippen LogP contribution in [0.5, 0.6) is 0 Å². The fourth-order valence-electron chi connectivity index (χ4n) is 2.04. The number of nitrogens with zero attached hydrogens (tertiary/aromatic N) is 2. The Kier molecular flexibility index (Phi) is 6.20. The van der Waals surface area contributed by atoms with Crippen molar-refractivity contribution >= 4 is 39.9 Å². The Labute approximate surface area is 149 Å². The van der Waals surface area contributed by atoms with E-state index in [4.69, 9.17) is 5.73 Å². The summed E-state index contributed by atoms with van der Waals surface area (Å²) in [6.45, 7) is 1.92. The largest absolute Gasteiger partial charge is 0.366 e. The number of primary amides is 1. The number of hydrogen-bond acceptors (Lipinski definition) is 6. The summed E-state index contributed by atoms with van der Waals surface area (Å²) < 4.78 is 0. The zero-order chi connectivity index (χ0) is 18.4. The van der Waals surface area contributed by atoms with E-state index in [1.165, 1.54) is 11.3 Å². The number of pyridine rings is 1. The lowest BCUT2D eigenvalue weighted by Crippen LogP contribution is -2.36. The Bertz CT molecular complexity index is 772. The molecule has 2 aromatic heterocycles. The average Bonchev–Trinajstić information content (AvgIpc) is 2.97. The highest BCUT2D eigenvalue weighted by molar-refractivity contribution is 7.14. The van der Waals surface area contributed by atoms with E-state index >= 15 is 0 Å². The van der Waals surface area contributed by atoms with Gasteiger partial charge in [0.1, 0.15) is 10.8 Å². The highest BCUT2D eigenvalue weighted by Crippen LogP contribution is 2.22. The van der Waals surface area contributed by atoms with E-state index in [2.05, 4.69) is 15.6 Å². The summed E-state index contributed by atoms with van der Waals surface area (Å²) in [5, 5.41) is 7.36. The molecule has 9 heteroatoms. The molecule has 132 valence electrons. The first-order valence-corrected chi connectivity index (χ1v) is 8.31. The van der Waals surface area contributed by atoms with Crippen molar-refractivity contribution in [2.24, 2.45) is 5.73 Å². The fourth-order valence-corrected chi connectivity index (χ4v) is 2.85. The van der Waals surface area contributed by atoms with Gasteiger partial charge in [-0.25, -0.2) is 4.98 Å². The third-order valence-corrected chi connectivity index (χ3v) is 4.02. The number of likely N-dealkylation sites (N-methyl/N-ethyl adjacent to an activating group) is 1. The first-order valence-electron chi connectivity index (χ1n) is 7.43. The molecule has 0 atom stereocenters. The molecule has 0 spiro atoms. The number of rotatable bonds is 7. The van der Waals surface area contributed by atoms with Crippen LogP contribution in [0.1, 0.15) is 15.9 Å². The standard InChI is InChI=1S/C16H19N5O3S/c1-10-3-4-12(18-7-10)19-13(22)8-21(2)9-14(23)20-16-11(15(17)24)5-6-25-16/h3-7H,8-9H2,1-2H3,(H2,17,24)(H,20,23)(H,18,19,22). The SMILES string of the molecule is Cc1ccc(NC(=O)CN(C)CC(=O)Nc2sccc2C(N)=O)nc1. The Balaban J connectivity index is 1.82. The molecule has 0 aliphatic carbocycles. The molecule has 0 fully saturated rings. The van der Waals surface area contributed by atoms with Gasteiger partial charge in [-0.2, -0.15) is 0 Å². The topological polar surface area (TPSA) is 117 Å². The van der Waals surface area contributed by atoms with Crippen molar-refractivity contribution in [3.05, 3.63) is 40.9 Å². The second-order valence-electron chi connectivity index (χ2n) is 5.52. The van der Waals surface area contributed by atoms with Crippen LogP contribution >= 0.6 is 11.3 Å². The molecular formula is C16H19N5O3S. The van der Waals surface area contributed by atoms with Crippen LogP contribution in [0.4, 0.5) is 10.8 Å². The Morgan fingerprint density at radius 2 is 1.84 bits per heavy atom. The Hall–Kier alpha value is -2.78. The normalized spacial score (nSPS) is 10.5. The fraction of sp³-hybridized carbons (Fsp3) is 0.250. The molecule has 25 heavy (non-hydrogen) atoms. The third-order valence-electron chi connectivity index (χ3n) is 3.19. The summed E-state index contributed by atoms with van der Waals surface area (Å²) in [6, 6.07) is 5.10. The van der Waals surface area contributed by atoms with Crippen LogP contribution < -0.4 is 16.4 Å². The second kappa shape index (κ2) is 8.36. The number of aromatic nitrogens is 1. The summed E-state index contributed by atoms with van der Waals surface area (Å²) in [6.07, 6.45) is 1.66. The molecule has 0 saturated heterocycles. The van der Waals surface area contributed by atoms with Crippen molar-refractivity contribution in [1.29, 1.82) is 0 Å². The number of aryl methyl sites for hydroxylation is 1. The lowest BCUT2D eigenvalue weighted by atomic mass is 10.3. The lowest BCUT2D eigenvalue weighted by Gasteiger charge is -2.15. The van der Waals surface area contributed by atoms with Crippen molar-refractivity contribution in [1.82, 2.24) is 9.88 Å². The molecule has 0 radical (unpaired) electrons.